The van der Waals surface area contributed by atoms with Gasteiger partial charge in [-0.3, -0.25) is 0 Å². The summed E-state index contributed by atoms with van der Waals surface area (Å²) in [6, 6.07) is 6.67. The second-order valence-electron chi connectivity index (χ2n) is 5.52. The maximum absolute atomic E-state index is 12.1. The molecule has 0 unspecified atom stereocenters. The summed E-state index contributed by atoms with van der Waals surface area (Å²) in [4.78, 5) is 4.46. The van der Waals surface area contributed by atoms with Crippen molar-refractivity contribution < 1.29 is 8.42 Å². The first-order chi connectivity index (χ1) is 10.3. The van der Waals surface area contributed by atoms with Crippen LogP contribution in [0.3, 0.4) is 0 Å². The summed E-state index contributed by atoms with van der Waals surface area (Å²) >= 11 is 0. The Balaban J connectivity index is 0.00000484. The van der Waals surface area contributed by atoms with E-state index in [0.717, 1.165) is 18.5 Å². The number of rotatable bonds is 8. The monoisotopic (exact) mass is 454 g/mol. The normalized spacial score (nSPS) is 12.1. The van der Waals surface area contributed by atoms with Crippen LogP contribution in [0.15, 0.2) is 34.2 Å². The van der Waals surface area contributed by atoms with Gasteiger partial charge in [0.15, 0.2) is 5.96 Å². The molecule has 0 aliphatic heterocycles. The lowest BCUT2D eigenvalue weighted by atomic mass is 10.2. The number of benzene rings is 1. The van der Waals surface area contributed by atoms with E-state index in [2.05, 4.69) is 15.0 Å². The van der Waals surface area contributed by atoms with E-state index in [-0.39, 0.29) is 34.8 Å². The number of halogens is 1. The molecule has 1 aromatic carbocycles. The Kier molecular flexibility index (Phi) is 10.4. The van der Waals surface area contributed by atoms with Crippen molar-refractivity contribution in [1.29, 1.82) is 0 Å². The predicted molar refractivity (Wildman–Crippen MR) is 106 cm³/mol. The summed E-state index contributed by atoms with van der Waals surface area (Å²) in [5.41, 5.74) is 6.61. The van der Waals surface area contributed by atoms with E-state index < -0.39 is 10.0 Å². The summed E-state index contributed by atoms with van der Waals surface area (Å²) in [7, 11) is -3.44. The first kappa shape index (κ1) is 22.1. The third-order valence-electron chi connectivity index (χ3n) is 2.90. The highest BCUT2D eigenvalue weighted by Gasteiger charge is 2.13. The lowest BCUT2D eigenvalue weighted by Gasteiger charge is -2.09. The minimum Gasteiger partial charge on any atom is -0.370 e. The third kappa shape index (κ3) is 8.52. The maximum atomic E-state index is 12.1. The average Bonchev–Trinajstić information content (AvgIpc) is 2.49. The molecule has 23 heavy (non-hydrogen) atoms. The van der Waals surface area contributed by atoms with Crippen LogP contribution in [-0.2, 0) is 16.6 Å². The largest absolute Gasteiger partial charge is 0.370 e. The van der Waals surface area contributed by atoms with Crippen molar-refractivity contribution in [2.75, 3.05) is 13.1 Å². The van der Waals surface area contributed by atoms with Gasteiger partial charge in [-0.05, 0) is 30.0 Å². The van der Waals surface area contributed by atoms with Crippen LogP contribution in [0.1, 0.15) is 32.8 Å². The number of aliphatic imine (C=N–C) groups is 1. The smallest absolute Gasteiger partial charge is 0.240 e. The predicted octanol–water partition coefficient (Wildman–Crippen LogP) is 2.05. The van der Waals surface area contributed by atoms with E-state index in [1.807, 2.05) is 20.8 Å². The fraction of sp³-hybridized carbons (Fsp3) is 0.533. The van der Waals surface area contributed by atoms with Gasteiger partial charge in [0.05, 0.1) is 11.4 Å². The highest BCUT2D eigenvalue weighted by Crippen LogP contribution is 2.11. The molecular weight excluding hydrogens is 427 g/mol. The highest BCUT2D eigenvalue weighted by atomic mass is 127. The van der Waals surface area contributed by atoms with E-state index in [1.54, 1.807) is 24.3 Å². The standard InChI is InChI=1S/C15H26N4O2S.HI/c1-4-9-17-15(16)18-11-13-5-7-14(8-6-13)22(20,21)19-10-12(2)3;/h5-8,12,19H,4,9-11H2,1-3H3,(H3,16,17,18);1H. The van der Waals surface area contributed by atoms with Gasteiger partial charge in [-0.1, -0.05) is 32.9 Å². The van der Waals surface area contributed by atoms with Gasteiger partial charge in [0.25, 0.3) is 0 Å². The van der Waals surface area contributed by atoms with E-state index in [1.165, 1.54) is 0 Å². The van der Waals surface area contributed by atoms with Gasteiger partial charge in [-0.2, -0.15) is 0 Å². The molecule has 0 radical (unpaired) electrons. The van der Waals surface area contributed by atoms with Crippen molar-refractivity contribution in [3.8, 4) is 0 Å². The van der Waals surface area contributed by atoms with Crippen LogP contribution < -0.4 is 15.8 Å². The fourth-order valence-corrected chi connectivity index (χ4v) is 2.83. The molecule has 0 heterocycles. The second kappa shape index (κ2) is 10.8. The minimum absolute atomic E-state index is 0. The minimum atomic E-state index is -3.44. The highest BCUT2D eigenvalue weighted by molar-refractivity contribution is 14.0. The van der Waals surface area contributed by atoms with Crippen LogP contribution in [0.2, 0.25) is 0 Å². The summed E-state index contributed by atoms with van der Waals surface area (Å²) in [5, 5.41) is 2.99. The van der Waals surface area contributed by atoms with Crippen molar-refractivity contribution in [3.63, 3.8) is 0 Å². The van der Waals surface area contributed by atoms with Crippen molar-refractivity contribution in [1.82, 2.24) is 10.0 Å². The molecule has 0 saturated carbocycles. The molecular formula is C15H27IN4O2S. The Hall–Kier alpha value is -0.870. The Labute approximate surface area is 156 Å². The molecule has 6 nitrogen and oxygen atoms in total. The van der Waals surface area contributed by atoms with Crippen LogP contribution in [0, 0.1) is 5.92 Å². The van der Waals surface area contributed by atoms with Crippen LogP contribution in [0.25, 0.3) is 0 Å². The topological polar surface area (TPSA) is 96.6 Å². The molecule has 1 rings (SSSR count). The molecule has 0 fully saturated rings. The van der Waals surface area contributed by atoms with Crippen LogP contribution in [0.5, 0.6) is 0 Å². The number of guanidine groups is 1. The van der Waals surface area contributed by atoms with Gasteiger partial charge in [0.1, 0.15) is 0 Å². The quantitative estimate of drug-likeness (QED) is 0.318. The van der Waals surface area contributed by atoms with Crippen molar-refractivity contribution in [2.24, 2.45) is 16.6 Å². The molecule has 0 saturated heterocycles. The Morgan fingerprint density at radius 1 is 1.26 bits per heavy atom. The summed E-state index contributed by atoms with van der Waals surface area (Å²) < 4.78 is 26.7. The zero-order valence-electron chi connectivity index (χ0n) is 13.9. The van der Waals surface area contributed by atoms with Gasteiger partial charge < -0.3 is 11.1 Å². The number of nitrogens with two attached hydrogens (primary N) is 1. The van der Waals surface area contributed by atoms with Gasteiger partial charge >= 0.3 is 0 Å². The number of sulfonamides is 1. The fourth-order valence-electron chi connectivity index (χ4n) is 1.62. The number of nitrogens with zero attached hydrogens (tertiary/aromatic N) is 1. The number of hydrogen-bond donors (Lipinski definition) is 3. The van der Waals surface area contributed by atoms with Gasteiger partial charge in [-0.15, -0.1) is 24.0 Å². The number of nitrogens with one attached hydrogen (secondary N) is 2. The van der Waals surface area contributed by atoms with Crippen LogP contribution >= 0.6 is 24.0 Å². The number of hydrogen-bond acceptors (Lipinski definition) is 3. The summed E-state index contributed by atoms with van der Waals surface area (Å²) in [6.45, 7) is 7.60. The molecule has 0 atom stereocenters. The molecule has 1 aromatic rings. The Bertz CT molecular complexity index is 586. The first-order valence-corrected chi connectivity index (χ1v) is 8.96. The van der Waals surface area contributed by atoms with Crippen molar-refractivity contribution in [2.45, 2.75) is 38.6 Å². The molecule has 8 heteroatoms. The van der Waals surface area contributed by atoms with E-state index in [9.17, 15) is 8.42 Å². The Morgan fingerprint density at radius 2 is 1.87 bits per heavy atom. The lowest BCUT2D eigenvalue weighted by Crippen LogP contribution is -2.32. The maximum Gasteiger partial charge on any atom is 0.240 e. The molecule has 132 valence electrons. The first-order valence-electron chi connectivity index (χ1n) is 7.47. The average molecular weight is 454 g/mol. The van der Waals surface area contributed by atoms with Crippen molar-refractivity contribution in [3.05, 3.63) is 29.8 Å². The third-order valence-corrected chi connectivity index (χ3v) is 4.34. The summed E-state index contributed by atoms with van der Waals surface area (Å²) in [5.74, 6) is 0.666. The molecule has 0 spiro atoms. The molecule has 4 N–H and O–H groups in total. The summed E-state index contributed by atoms with van der Waals surface area (Å²) in [6.07, 6.45) is 0.978. The van der Waals surface area contributed by atoms with E-state index in [4.69, 9.17) is 5.73 Å². The van der Waals surface area contributed by atoms with Crippen LogP contribution in [0.4, 0.5) is 0 Å². The zero-order chi connectivity index (χ0) is 16.6. The molecule has 0 amide bonds. The van der Waals surface area contributed by atoms with E-state index in [0.29, 0.717) is 19.0 Å². The van der Waals surface area contributed by atoms with Gasteiger partial charge in [0, 0.05) is 13.1 Å². The molecule has 0 aromatic heterocycles. The zero-order valence-corrected chi connectivity index (χ0v) is 17.0. The molecule has 0 bridgehead atoms. The van der Waals surface area contributed by atoms with Gasteiger partial charge in [0.2, 0.25) is 10.0 Å². The molecule has 0 aliphatic carbocycles. The van der Waals surface area contributed by atoms with Crippen molar-refractivity contribution >= 4 is 40.0 Å². The van der Waals surface area contributed by atoms with E-state index >= 15 is 0 Å². The second-order valence-corrected chi connectivity index (χ2v) is 7.28. The lowest BCUT2D eigenvalue weighted by molar-refractivity contribution is 0.560. The molecule has 0 aliphatic rings. The SMILES string of the molecule is CCCNC(N)=NCc1ccc(S(=O)(=O)NCC(C)C)cc1.I. The Morgan fingerprint density at radius 3 is 2.39 bits per heavy atom. The van der Waals surface area contributed by atoms with Crippen LogP contribution in [-0.4, -0.2) is 27.5 Å². The van der Waals surface area contributed by atoms with Gasteiger partial charge in [-0.25, -0.2) is 18.1 Å².